The van der Waals surface area contributed by atoms with Crippen LogP contribution in [0.15, 0.2) is 0 Å². The lowest BCUT2D eigenvalue weighted by atomic mass is 9.99. The van der Waals surface area contributed by atoms with Crippen LogP contribution in [-0.4, -0.2) is 10.6 Å². The van der Waals surface area contributed by atoms with Crippen molar-refractivity contribution in [3.05, 3.63) is 0 Å². The van der Waals surface area contributed by atoms with Crippen molar-refractivity contribution in [3.63, 3.8) is 0 Å². The Morgan fingerprint density at radius 3 is 1.91 bits per heavy atom. The zero-order valence-electron chi connectivity index (χ0n) is 7.68. The Kier molecular flexibility index (Phi) is 4.50. The van der Waals surface area contributed by atoms with Gasteiger partial charge >= 0.3 is 0 Å². The summed E-state index contributed by atoms with van der Waals surface area (Å²) in [4.78, 5) is 12.0. The van der Waals surface area contributed by atoms with Crippen molar-refractivity contribution in [1.29, 1.82) is 0 Å². The number of carbonyl (C=O) groups is 1. The number of hydrogen-bond acceptors (Lipinski definition) is 2. The molecule has 2 heteroatoms. The second-order valence-corrected chi connectivity index (χ2v) is 3.94. The van der Waals surface area contributed by atoms with Gasteiger partial charge in [-0.15, -0.1) is 0 Å². The predicted octanol–water partition coefficient (Wildman–Crippen LogP) is 2.63. The molecule has 0 bridgehead atoms. The second kappa shape index (κ2) is 4.60. The van der Waals surface area contributed by atoms with E-state index in [1.165, 1.54) is 0 Å². The molecular weight excluding hydrogens is 156 g/mol. The third kappa shape index (κ3) is 4.25. The number of thiocarbonyl (C=S) groups is 1. The monoisotopic (exact) mass is 172 g/mol. The van der Waals surface area contributed by atoms with Crippen molar-refractivity contribution in [2.45, 2.75) is 34.1 Å². The van der Waals surface area contributed by atoms with E-state index in [0.29, 0.717) is 12.3 Å². The molecule has 0 unspecified atom stereocenters. The predicted molar refractivity (Wildman–Crippen MR) is 51.9 cm³/mol. The summed E-state index contributed by atoms with van der Waals surface area (Å²) < 4.78 is 0. The van der Waals surface area contributed by atoms with Crippen molar-refractivity contribution < 1.29 is 4.79 Å². The summed E-state index contributed by atoms with van der Waals surface area (Å²) in [6.45, 7) is 7.86. The first kappa shape index (κ1) is 10.8. The third-order valence-electron chi connectivity index (χ3n) is 1.64. The van der Waals surface area contributed by atoms with Crippen LogP contribution >= 0.6 is 12.2 Å². The SMILES string of the molecule is CC(C)C(=O)CC(=S)C(C)C. The van der Waals surface area contributed by atoms with E-state index in [2.05, 4.69) is 0 Å². The van der Waals surface area contributed by atoms with Crippen molar-refractivity contribution in [1.82, 2.24) is 0 Å². The molecule has 11 heavy (non-hydrogen) atoms. The van der Waals surface area contributed by atoms with Gasteiger partial charge in [-0.25, -0.2) is 0 Å². The molecule has 0 aromatic rings. The van der Waals surface area contributed by atoms with E-state index in [0.717, 1.165) is 4.86 Å². The van der Waals surface area contributed by atoms with Crippen molar-refractivity contribution >= 4 is 22.9 Å². The van der Waals surface area contributed by atoms with Gasteiger partial charge in [-0.3, -0.25) is 4.79 Å². The largest absolute Gasteiger partial charge is 0.299 e. The zero-order chi connectivity index (χ0) is 9.02. The molecule has 64 valence electrons. The van der Waals surface area contributed by atoms with Crippen molar-refractivity contribution in [3.8, 4) is 0 Å². The molecule has 0 saturated heterocycles. The highest BCUT2D eigenvalue weighted by molar-refractivity contribution is 7.80. The molecule has 0 spiro atoms. The number of ketones is 1. The minimum Gasteiger partial charge on any atom is -0.299 e. The molecule has 0 amide bonds. The standard InChI is InChI=1S/C9H16OS/c1-6(2)8(10)5-9(11)7(3)4/h6-7H,5H2,1-4H3. The van der Waals surface area contributed by atoms with Gasteiger partial charge in [0.15, 0.2) is 0 Å². The Labute approximate surface area is 74.2 Å². The average molecular weight is 172 g/mol. The van der Waals surface area contributed by atoms with Gasteiger partial charge in [0.1, 0.15) is 5.78 Å². The molecule has 0 aliphatic carbocycles. The molecule has 1 nitrogen and oxygen atoms in total. The van der Waals surface area contributed by atoms with Gasteiger partial charge in [0.25, 0.3) is 0 Å². The van der Waals surface area contributed by atoms with Gasteiger partial charge in [0.2, 0.25) is 0 Å². The molecule has 0 aromatic heterocycles. The summed E-state index contributed by atoms with van der Waals surface area (Å²) in [5.41, 5.74) is 0. The highest BCUT2D eigenvalue weighted by Gasteiger charge is 2.11. The Hall–Kier alpha value is -0.240. The van der Waals surface area contributed by atoms with Crippen LogP contribution < -0.4 is 0 Å². The maximum atomic E-state index is 11.2. The lowest BCUT2D eigenvalue weighted by Crippen LogP contribution is -2.15. The van der Waals surface area contributed by atoms with Gasteiger partial charge in [-0.1, -0.05) is 39.9 Å². The first-order valence-electron chi connectivity index (χ1n) is 4.00. The van der Waals surface area contributed by atoms with Crippen LogP contribution in [0.3, 0.4) is 0 Å². The fourth-order valence-electron chi connectivity index (χ4n) is 0.580. The number of carbonyl (C=O) groups excluding carboxylic acids is 1. The Morgan fingerprint density at radius 2 is 1.64 bits per heavy atom. The van der Waals surface area contributed by atoms with E-state index < -0.39 is 0 Å². The van der Waals surface area contributed by atoms with Crippen LogP contribution in [0.1, 0.15) is 34.1 Å². The maximum Gasteiger partial charge on any atom is 0.140 e. The first-order valence-corrected chi connectivity index (χ1v) is 4.41. The Bertz CT molecular complexity index is 141. The van der Waals surface area contributed by atoms with E-state index in [4.69, 9.17) is 12.2 Å². The van der Waals surface area contributed by atoms with Crippen LogP contribution in [0, 0.1) is 11.8 Å². The smallest absolute Gasteiger partial charge is 0.140 e. The van der Waals surface area contributed by atoms with Gasteiger partial charge < -0.3 is 0 Å². The highest BCUT2D eigenvalue weighted by atomic mass is 32.1. The topological polar surface area (TPSA) is 17.1 Å². The molecule has 0 rings (SSSR count). The Morgan fingerprint density at radius 1 is 1.18 bits per heavy atom. The van der Waals surface area contributed by atoms with Crippen LogP contribution in [-0.2, 0) is 4.79 Å². The quantitative estimate of drug-likeness (QED) is 0.606. The summed E-state index contributed by atoms with van der Waals surface area (Å²) in [5, 5.41) is 0. The number of hydrogen-bond donors (Lipinski definition) is 0. The average Bonchev–Trinajstić information content (AvgIpc) is 1.87. The van der Waals surface area contributed by atoms with Gasteiger partial charge in [-0.2, -0.15) is 0 Å². The molecule has 0 atom stereocenters. The lowest BCUT2D eigenvalue weighted by molar-refractivity contribution is -0.120. The summed E-state index contributed by atoms with van der Waals surface area (Å²) in [5.74, 6) is 0.725. The van der Waals surface area contributed by atoms with E-state index in [1.807, 2.05) is 27.7 Å². The van der Waals surface area contributed by atoms with E-state index in [9.17, 15) is 4.79 Å². The molecule has 0 aliphatic heterocycles. The van der Waals surface area contributed by atoms with Crippen LogP contribution in [0.2, 0.25) is 0 Å². The van der Waals surface area contributed by atoms with Crippen LogP contribution in [0.25, 0.3) is 0 Å². The van der Waals surface area contributed by atoms with Gasteiger partial charge in [0, 0.05) is 17.2 Å². The van der Waals surface area contributed by atoms with Gasteiger partial charge in [0.05, 0.1) is 0 Å². The summed E-state index contributed by atoms with van der Waals surface area (Å²) >= 11 is 5.05. The summed E-state index contributed by atoms with van der Waals surface area (Å²) in [6.07, 6.45) is 0.477. The number of rotatable bonds is 4. The lowest BCUT2D eigenvalue weighted by Gasteiger charge is -2.07. The van der Waals surface area contributed by atoms with E-state index in [1.54, 1.807) is 0 Å². The fourth-order valence-corrected chi connectivity index (χ4v) is 0.722. The molecule has 0 fully saturated rings. The Balaban J connectivity index is 3.86. The molecule has 0 aliphatic rings. The van der Waals surface area contributed by atoms with E-state index in [-0.39, 0.29) is 11.7 Å². The normalized spacial score (nSPS) is 10.7. The molecule has 0 N–H and O–H groups in total. The second-order valence-electron chi connectivity index (χ2n) is 3.42. The number of Topliss-reactive ketones (excluding diaryl/α,β-unsaturated/α-hetero) is 1. The zero-order valence-corrected chi connectivity index (χ0v) is 8.49. The maximum absolute atomic E-state index is 11.2. The highest BCUT2D eigenvalue weighted by Crippen LogP contribution is 2.06. The van der Waals surface area contributed by atoms with Crippen LogP contribution in [0.5, 0.6) is 0 Å². The van der Waals surface area contributed by atoms with E-state index >= 15 is 0 Å². The minimum atomic E-state index is 0.117. The minimum absolute atomic E-state index is 0.117. The molecule has 0 heterocycles. The van der Waals surface area contributed by atoms with Gasteiger partial charge in [-0.05, 0) is 5.92 Å². The summed E-state index contributed by atoms with van der Waals surface area (Å²) in [7, 11) is 0. The first-order chi connectivity index (χ1) is 4.95. The molecular formula is C9H16OS. The molecule has 0 saturated carbocycles. The molecule has 0 aromatic carbocycles. The summed E-state index contributed by atoms with van der Waals surface area (Å²) in [6, 6.07) is 0. The van der Waals surface area contributed by atoms with Crippen molar-refractivity contribution in [2.75, 3.05) is 0 Å². The molecule has 0 radical (unpaired) electrons. The third-order valence-corrected chi connectivity index (χ3v) is 2.25. The van der Waals surface area contributed by atoms with Crippen LogP contribution in [0.4, 0.5) is 0 Å². The van der Waals surface area contributed by atoms with Crippen molar-refractivity contribution in [2.24, 2.45) is 11.8 Å². The fraction of sp³-hybridized carbons (Fsp3) is 0.778.